The smallest absolute Gasteiger partial charge is 0.188 e. The van der Waals surface area contributed by atoms with E-state index in [1.807, 2.05) is 0 Å². The van der Waals surface area contributed by atoms with Gasteiger partial charge >= 0.3 is 0 Å². The third-order valence-corrected chi connectivity index (χ3v) is 4.58. The van der Waals surface area contributed by atoms with E-state index in [0.717, 1.165) is 6.54 Å². The first-order valence-electron chi connectivity index (χ1n) is 6.02. The van der Waals surface area contributed by atoms with Crippen molar-refractivity contribution in [2.24, 2.45) is 10.7 Å². The molecule has 4 heteroatoms. The number of nitrogens with zero attached hydrogens (tertiary/aromatic N) is 1. The Kier molecular flexibility index (Phi) is 4.18. The first-order chi connectivity index (χ1) is 7.34. The van der Waals surface area contributed by atoms with Crippen LogP contribution in [0.25, 0.3) is 0 Å². The van der Waals surface area contributed by atoms with Gasteiger partial charge < -0.3 is 11.1 Å². The molecule has 0 aromatic rings. The Bertz CT molecular complexity index is 220. The van der Waals surface area contributed by atoms with E-state index in [0.29, 0.717) is 17.3 Å². The van der Waals surface area contributed by atoms with E-state index in [1.165, 1.54) is 44.3 Å². The Morgan fingerprint density at radius 2 is 2.13 bits per heavy atom. The van der Waals surface area contributed by atoms with Crippen molar-refractivity contribution in [3.63, 3.8) is 0 Å². The lowest BCUT2D eigenvalue weighted by atomic mass is 9.93. The van der Waals surface area contributed by atoms with Crippen LogP contribution in [-0.2, 0) is 0 Å². The first kappa shape index (κ1) is 11.1. The molecule has 3 N–H and O–H groups in total. The molecule has 1 atom stereocenters. The lowest BCUT2D eigenvalue weighted by molar-refractivity contribution is 0.382. The van der Waals surface area contributed by atoms with Gasteiger partial charge in [-0.3, -0.25) is 4.99 Å². The van der Waals surface area contributed by atoms with E-state index < -0.39 is 0 Å². The van der Waals surface area contributed by atoms with Crippen molar-refractivity contribution < 1.29 is 0 Å². The summed E-state index contributed by atoms with van der Waals surface area (Å²) in [7, 11) is 0. The maximum absolute atomic E-state index is 5.83. The zero-order chi connectivity index (χ0) is 10.5. The summed E-state index contributed by atoms with van der Waals surface area (Å²) >= 11 is 2.05. The van der Waals surface area contributed by atoms with E-state index in [4.69, 9.17) is 5.73 Å². The van der Waals surface area contributed by atoms with Crippen LogP contribution in [0.1, 0.15) is 38.5 Å². The van der Waals surface area contributed by atoms with Gasteiger partial charge in [-0.25, -0.2) is 0 Å². The number of thioether (sulfide) groups is 1. The van der Waals surface area contributed by atoms with Crippen molar-refractivity contribution in [3.8, 4) is 0 Å². The monoisotopic (exact) mass is 227 g/mol. The third-order valence-electron chi connectivity index (χ3n) is 3.20. The first-order valence-corrected chi connectivity index (χ1v) is 7.07. The highest BCUT2D eigenvalue weighted by Gasteiger charge is 2.18. The van der Waals surface area contributed by atoms with Gasteiger partial charge in [-0.05, 0) is 37.9 Å². The fourth-order valence-corrected chi connectivity index (χ4v) is 3.18. The topological polar surface area (TPSA) is 50.4 Å². The summed E-state index contributed by atoms with van der Waals surface area (Å²) in [5.41, 5.74) is 5.83. The second kappa shape index (κ2) is 5.64. The minimum Gasteiger partial charge on any atom is -0.370 e. The van der Waals surface area contributed by atoms with Gasteiger partial charge in [0, 0.05) is 11.3 Å². The summed E-state index contributed by atoms with van der Waals surface area (Å²) in [6, 6.07) is 0.604. The van der Waals surface area contributed by atoms with Crippen molar-refractivity contribution in [3.05, 3.63) is 0 Å². The molecule has 0 spiro atoms. The summed E-state index contributed by atoms with van der Waals surface area (Å²) in [5, 5.41) is 3.98. The van der Waals surface area contributed by atoms with Crippen LogP contribution >= 0.6 is 11.8 Å². The number of nitrogens with two attached hydrogens (primary N) is 1. The molecule has 0 aromatic heterocycles. The minimum atomic E-state index is 0.604. The Hall–Kier alpha value is -0.380. The van der Waals surface area contributed by atoms with Crippen molar-refractivity contribution in [1.29, 1.82) is 0 Å². The van der Waals surface area contributed by atoms with Gasteiger partial charge in [-0.2, -0.15) is 11.8 Å². The maximum Gasteiger partial charge on any atom is 0.188 e. The number of guanidine groups is 1. The second-order valence-corrected chi connectivity index (χ2v) is 5.89. The molecule has 0 aromatic carbocycles. The number of aliphatic imine (C=N–C) groups is 1. The minimum absolute atomic E-state index is 0.604. The fraction of sp³-hybridized carbons (Fsp3) is 0.909. The Balaban J connectivity index is 1.66. The van der Waals surface area contributed by atoms with Gasteiger partial charge in [0.2, 0.25) is 0 Å². The van der Waals surface area contributed by atoms with E-state index in [2.05, 4.69) is 22.1 Å². The molecule has 1 heterocycles. The van der Waals surface area contributed by atoms with Crippen molar-refractivity contribution in [2.75, 3.05) is 12.3 Å². The number of hydrogen-bond acceptors (Lipinski definition) is 2. The van der Waals surface area contributed by atoms with Crippen LogP contribution in [0, 0.1) is 0 Å². The van der Waals surface area contributed by atoms with Crippen LogP contribution in [0.4, 0.5) is 0 Å². The lowest BCUT2D eigenvalue weighted by Gasteiger charge is -2.27. The molecule has 1 unspecified atom stereocenters. The Morgan fingerprint density at radius 1 is 1.27 bits per heavy atom. The van der Waals surface area contributed by atoms with Gasteiger partial charge in [0.15, 0.2) is 5.96 Å². The molecule has 2 fully saturated rings. The maximum atomic E-state index is 5.83. The third kappa shape index (κ3) is 3.59. The van der Waals surface area contributed by atoms with Crippen molar-refractivity contribution >= 4 is 17.7 Å². The van der Waals surface area contributed by atoms with E-state index in [9.17, 15) is 0 Å². The van der Waals surface area contributed by atoms with Gasteiger partial charge in [0.25, 0.3) is 0 Å². The van der Waals surface area contributed by atoms with E-state index in [-0.39, 0.29) is 0 Å². The second-order valence-electron chi connectivity index (χ2n) is 4.49. The zero-order valence-corrected chi connectivity index (χ0v) is 10.1. The SMILES string of the molecule is NC(=NCC1CCCCS1)NC1CCC1. The summed E-state index contributed by atoms with van der Waals surface area (Å²) in [6.45, 7) is 0.899. The molecular formula is C11H21N3S. The highest BCUT2D eigenvalue weighted by molar-refractivity contribution is 7.99. The number of rotatable bonds is 3. The fourth-order valence-electron chi connectivity index (χ4n) is 1.96. The lowest BCUT2D eigenvalue weighted by Crippen LogP contribution is -2.44. The number of nitrogens with one attached hydrogen (secondary N) is 1. The highest BCUT2D eigenvalue weighted by atomic mass is 32.2. The predicted octanol–water partition coefficient (Wildman–Crippen LogP) is 1.73. The van der Waals surface area contributed by atoms with Gasteiger partial charge in [0.1, 0.15) is 0 Å². The highest BCUT2D eigenvalue weighted by Crippen LogP contribution is 2.25. The molecule has 1 aliphatic carbocycles. The summed E-state index contributed by atoms with van der Waals surface area (Å²) in [4.78, 5) is 4.43. The van der Waals surface area contributed by atoms with Crippen molar-refractivity contribution in [1.82, 2.24) is 5.32 Å². The molecule has 1 saturated carbocycles. The van der Waals surface area contributed by atoms with E-state index >= 15 is 0 Å². The normalized spacial score (nSPS) is 28.5. The quantitative estimate of drug-likeness (QED) is 0.570. The molecular weight excluding hydrogens is 206 g/mol. The summed E-state index contributed by atoms with van der Waals surface area (Å²) in [5.74, 6) is 1.96. The number of hydrogen-bond donors (Lipinski definition) is 2. The van der Waals surface area contributed by atoms with Crippen molar-refractivity contribution in [2.45, 2.75) is 49.8 Å². The van der Waals surface area contributed by atoms with Crippen LogP contribution < -0.4 is 11.1 Å². The molecule has 0 radical (unpaired) electrons. The molecule has 2 aliphatic rings. The molecule has 15 heavy (non-hydrogen) atoms. The largest absolute Gasteiger partial charge is 0.370 e. The van der Waals surface area contributed by atoms with Crippen LogP contribution in [0.3, 0.4) is 0 Å². The van der Waals surface area contributed by atoms with Gasteiger partial charge in [-0.15, -0.1) is 0 Å². The average Bonchev–Trinajstić information content (AvgIpc) is 2.22. The summed E-state index contributed by atoms with van der Waals surface area (Å²) in [6.07, 6.45) is 7.90. The summed E-state index contributed by atoms with van der Waals surface area (Å²) < 4.78 is 0. The van der Waals surface area contributed by atoms with Crippen LogP contribution in [0.15, 0.2) is 4.99 Å². The molecule has 0 amide bonds. The predicted molar refractivity (Wildman–Crippen MR) is 67.4 cm³/mol. The van der Waals surface area contributed by atoms with E-state index in [1.54, 1.807) is 0 Å². The van der Waals surface area contributed by atoms with Crippen LogP contribution in [0.5, 0.6) is 0 Å². The Morgan fingerprint density at radius 3 is 2.73 bits per heavy atom. The molecule has 1 saturated heterocycles. The van der Waals surface area contributed by atoms with Crippen LogP contribution in [-0.4, -0.2) is 29.5 Å². The molecule has 0 bridgehead atoms. The molecule has 1 aliphatic heterocycles. The Labute approximate surface area is 96.3 Å². The van der Waals surface area contributed by atoms with Crippen LogP contribution in [0.2, 0.25) is 0 Å². The standard InChI is InChI=1S/C11H21N3S/c12-11(14-9-4-3-5-9)13-8-10-6-1-2-7-15-10/h9-10H,1-8H2,(H3,12,13,14). The molecule has 86 valence electrons. The van der Waals surface area contributed by atoms with Gasteiger partial charge in [-0.1, -0.05) is 6.42 Å². The average molecular weight is 227 g/mol. The molecule has 2 rings (SSSR count). The van der Waals surface area contributed by atoms with Gasteiger partial charge in [0.05, 0.1) is 6.54 Å². The molecule has 3 nitrogen and oxygen atoms in total. The zero-order valence-electron chi connectivity index (χ0n) is 9.24.